The second-order valence-electron chi connectivity index (χ2n) is 5.14. The van der Waals surface area contributed by atoms with E-state index in [1.807, 2.05) is 0 Å². The highest BCUT2D eigenvalue weighted by Crippen LogP contribution is 2.37. The summed E-state index contributed by atoms with van der Waals surface area (Å²) >= 11 is 0. The molecule has 70 valence electrons. The molecule has 0 aromatic rings. The molecule has 0 saturated carbocycles. The Hall–Kier alpha value is -0.0800. The molecule has 2 nitrogen and oxygen atoms in total. The third-order valence-corrected chi connectivity index (χ3v) is 3.35. The third-order valence-electron chi connectivity index (χ3n) is 3.35. The van der Waals surface area contributed by atoms with E-state index < -0.39 is 0 Å². The Kier molecular flexibility index (Phi) is 1.92. The Bertz CT molecular complexity index is 155. The van der Waals surface area contributed by atoms with E-state index >= 15 is 0 Å². The molecule has 2 saturated heterocycles. The maximum absolute atomic E-state index is 2.71. The molecule has 2 atom stereocenters. The van der Waals surface area contributed by atoms with Gasteiger partial charge >= 0.3 is 0 Å². The van der Waals surface area contributed by atoms with Gasteiger partial charge in [0, 0.05) is 0 Å². The Balaban J connectivity index is 2.15. The largest absolute Gasteiger partial charge is 0.250 e. The Labute approximate surface area is 75.7 Å². The molecule has 12 heavy (non-hydrogen) atoms. The first-order chi connectivity index (χ1) is 5.59. The minimum absolute atomic E-state index is 0.892. The quantitative estimate of drug-likeness (QED) is 0.539. The monoisotopic (exact) mass is 169 g/mol. The van der Waals surface area contributed by atoms with E-state index in [0.717, 1.165) is 16.7 Å². The molecule has 0 N–H and O–H groups in total. The summed E-state index contributed by atoms with van der Waals surface area (Å²) in [5, 5.41) is 2.71. The molecule has 0 radical (unpaired) electrons. The molecule has 0 aliphatic carbocycles. The van der Waals surface area contributed by atoms with Crippen LogP contribution in [0.3, 0.4) is 0 Å². The zero-order valence-electron chi connectivity index (χ0n) is 8.58. The van der Waals surface area contributed by atoms with E-state index in [4.69, 9.17) is 0 Å². The second-order valence-corrected chi connectivity index (χ2v) is 5.14. The summed E-state index contributed by atoms with van der Waals surface area (Å²) in [5.74, 6) is 0. The van der Waals surface area contributed by atoms with Crippen molar-refractivity contribution in [1.29, 1.82) is 0 Å². The molecule has 2 rings (SSSR count). The average Bonchev–Trinajstić information content (AvgIpc) is 2.23. The van der Waals surface area contributed by atoms with Crippen molar-refractivity contribution in [2.24, 2.45) is 0 Å². The van der Waals surface area contributed by atoms with Crippen LogP contribution in [-0.4, -0.2) is 42.8 Å². The van der Waals surface area contributed by atoms with E-state index in [2.05, 4.69) is 26.2 Å². The molecule has 0 amide bonds. The molecular formula is C10H21N2+. The van der Waals surface area contributed by atoms with Gasteiger partial charge in [-0.25, -0.2) is 4.59 Å². The van der Waals surface area contributed by atoms with Crippen molar-refractivity contribution in [3.63, 3.8) is 0 Å². The first-order valence-corrected chi connectivity index (χ1v) is 5.19. The summed E-state index contributed by atoms with van der Waals surface area (Å²) in [5.41, 5.74) is 0. The second kappa shape index (κ2) is 2.71. The summed E-state index contributed by atoms with van der Waals surface area (Å²) in [4.78, 5) is 0. The molecule has 0 spiro atoms. The number of rotatable bonds is 1. The van der Waals surface area contributed by atoms with Gasteiger partial charge in [-0.05, 0) is 32.1 Å². The van der Waals surface area contributed by atoms with Crippen LogP contribution in [0.5, 0.6) is 0 Å². The summed E-state index contributed by atoms with van der Waals surface area (Å²) < 4.78 is 1.04. The van der Waals surface area contributed by atoms with Crippen LogP contribution in [0.2, 0.25) is 0 Å². The van der Waals surface area contributed by atoms with Crippen LogP contribution in [0.4, 0.5) is 0 Å². The fourth-order valence-electron chi connectivity index (χ4n) is 3.07. The van der Waals surface area contributed by atoms with Crippen LogP contribution in [0.15, 0.2) is 0 Å². The molecule has 2 fully saturated rings. The van der Waals surface area contributed by atoms with Crippen molar-refractivity contribution in [3.8, 4) is 0 Å². The lowest BCUT2D eigenvalue weighted by Gasteiger charge is -2.43. The number of hydrogen-bond donors (Lipinski definition) is 0. The Morgan fingerprint density at radius 1 is 0.917 bits per heavy atom. The van der Waals surface area contributed by atoms with Gasteiger partial charge in [0.15, 0.2) is 0 Å². The smallest absolute Gasteiger partial charge is 0.0855 e. The predicted molar refractivity (Wildman–Crippen MR) is 50.5 cm³/mol. The van der Waals surface area contributed by atoms with Crippen molar-refractivity contribution in [2.45, 2.75) is 44.2 Å². The molecule has 2 heterocycles. The van der Waals surface area contributed by atoms with Gasteiger partial charge in [0.25, 0.3) is 0 Å². The normalized spacial score (nSPS) is 37.2. The highest BCUT2D eigenvalue weighted by molar-refractivity contribution is 4.87. The van der Waals surface area contributed by atoms with Gasteiger partial charge in [0.1, 0.15) is 0 Å². The molecule has 2 aliphatic heterocycles. The van der Waals surface area contributed by atoms with E-state index in [1.165, 1.54) is 32.1 Å². The summed E-state index contributed by atoms with van der Waals surface area (Å²) in [6.45, 7) is 0. The molecular weight excluding hydrogens is 148 g/mol. The molecule has 2 unspecified atom stereocenters. The molecule has 2 aliphatic rings. The van der Waals surface area contributed by atoms with Crippen LogP contribution in [0.25, 0.3) is 0 Å². The van der Waals surface area contributed by atoms with E-state index in [9.17, 15) is 0 Å². The lowest BCUT2D eigenvalue weighted by Crippen LogP contribution is -2.58. The van der Waals surface area contributed by atoms with E-state index in [-0.39, 0.29) is 0 Å². The van der Waals surface area contributed by atoms with Crippen LogP contribution < -0.4 is 0 Å². The van der Waals surface area contributed by atoms with Crippen molar-refractivity contribution < 1.29 is 4.59 Å². The first-order valence-electron chi connectivity index (χ1n) is 5.19. The lowest BCUT2D eigenvalue weighted by atomic mass is 10.0. The number of quaternary nitrogens is 1. The fraction of sp³-hybridized carbons (Fsp3) is 1.00. The topological polar surface area (TPSA) is 3.24 Å². The SMILES string of the molecule is C[N+](C)(C)N1C2CCCC1CC2. The minimum Gasteiger partial charge on any atom is -0.250 e. The van der Waals surface area contributed by atoms with Crippen LogP contribution >= 0.6 is 0 Å². The highest BCUT2D eigenvalue weighted by atomic mass is 15.7. The maximum Gasteiger partial charge on any atom is 0.0855 e. The number of fused-ring (bicyclic) bond motifs is 2. The molecule has 0 aromatic heterocycles. The Morgan fingerprint density at radius 2 is 1.42 bits per heavy atom. The maximum atomic E-state index is 2.71. The standard InChI is InChI=1S/C10H21N2/c1-12(2,3)11-9-5-4-6-10(11)8-7-9/h9-10H,4-8H2,1-3H3/q+1. The van der Waals surface area contributed by atoms with Gasteiger partial charge in [-0.1, -0.05) is 0 Å². The average molecular weight is 169 g/mol. The van der Waals surface area contributed by atoms with Crippen LogP contribution in [-0.2, 0) is 0 Å². The van der Waals surface area contributed by atoms with Gasteiger partial charge < -0.3 is 0 Å². The van der Waals surface area contributed by atoms with Gasteiger partial charge in [0.2, 0.25) is 0 Å². The highest BCUT2D eigenvalue weighted by Gasteiger charge is 2.43. The molecule has 2 heteroatoms. The van der Waals surface area contributed by atoms with Gasteiger partial charge in [-0.15, -0.1) is 5.01 Å². The summed E-state index contributed by atoms with van der Waals surface area (Å²) in [6.07, 6.45) is 7.23. The molecule has 2 bridgehead atoms. The van der Waals surface area contributed by atoms with Crippen LogP contribution in [0, 0.1) is 0 Å². The summed E-state index contributed by atoms with van der Waals surface area (Å²) in [6, 6.07) is 1.78. The van der Waals surface area contributed by atoms with Gasteiger partial charge in [-0.3, -0.25) is 0 Å². The minimum atomic E-state index is 0.892. The van der Waals surface area contributed by atoms with Gasteiger partial charge in [0.05, 0.1) is 33.2 Å². The lowest BCUT2D eigenvalue weighted by molar-refractivity contribution is -0.994. The third kappa shape index (κ3) is 1.27. The van der Waals surface area contributed by atoms with Crippen molar-refractivity contribution in [1.82, 2.24) is 5.01 Å². The van der Waals surface area contributed by atoms with Crippen molar-refractivity contribution in [2.75, 3.05) is 21.1 Å². The molecule has 0 aromatic carbocycles. The van der Waals surface area contributed by atoms with Gasteiger partial charge in [-0.2, -0.15) is 0 Å². The Morgan fingerprint density at radius 3 is 1.75 bits per heavy atom. The van der Waals surface area contributed by atoms with Crippen molar-refractivity contribution >= 4 is 0 Å². The van der Waals surface area contributed by atoms with E-state index in [0.29, 0.717) is 0 Å². The first kappa shape index (κ1) is 8.52. The summed E-state index contributed by atoms with van der Waals surface area (Å²) in [7, 11) is 6.91. The fourth-order valence-corrected chi connectivity index (χ4v) is 3.07. The number of hydrogen-bond acceptors (Lipinski definition) is 1. The number of piperidine rings is 1. The van der Waals surface area contributed by atoms with Crippen LogP contribution in [0.1, 0.15) is 32.1 Å². The zero-order valence-corrected chi connectivity index (χ0v) is 8.58. The zero-order chi connectivity index (χ0) is 8.77. The van der Waals surface area contributed by atoms with E-state index in [1.54, 1.807) is 0 Å². The predicted octanol–water partition coefficient (Wildman–Crippen LogP) is 1.62. The van der Waals surface area contributed by atoms with Crippen molar-refractivity contribution in [3.05, 3.63) is 0 Å². The number of nitrogens with zero attached hydrogens (tertiary/aromatic N) is 2.